The van der Waals surface area contributed by atoms with E-state index in [0.29, 0.717) is 6.42 Å². The van der Waals surface area contributed by atoms with Crippen LogP contribution in [0, 0.1) is 0 Å². The minimum absolute atomic E-state index is 0.226. The Bertz CT molecular complexity index is 611. The lowest BCUT2D eigenvalue weighted by molar-refractivity contribution is -0.118. The molecule has 0 fully saturated rings. The zero-order valence-electron chi connectivity index (χ0n) is 12.4. The van der Waals surface area contributed by atoms with E-state index in [2.05, 4.69) is 23.5 Å². The number of hydrogen-bond acceptors (Lipinski definition) is 3. The van der Waals surface area contributed by atoms with Gasteiger partial charge in [-0.15, -0.1) is 0 Å². The van der Waals surface area contributed by atoms with Gasteiger partial charge in [0, 0.05) is 18.4 Å². The van der Waals surface area contributed by atoms with Gasteiger partial charge in [0.1, 0.15) is 5.75 Å². The Morgan fingerprint density at radius 3 is 2.62 bits per heavy atom. The van der Waals surface area contributed by atoms with Crippen molar-refractivity contribution in [2.75, 3.05) is 13.7 Å². The molecule has 1 amide bonds. The van der Waals surface area contributed by atoms with Crippen molar-refractivity contribution in [1.82, 2.24) is 5.32 Å². The molecule has 2 aromatic carbocycles. The van der Waals surface area contributed by atoms with Crippen LogP contribution in [0.2, 0.25) is 0 Å². The van der Waals surface area contributed by atoms with Crippen LogP contribution in [0.3, 0.4) is 0 Å². The molecule has 2 aromatic rings. The maximum Gasteiger partial charge on any atom is 0.217 e. The third-order valence-corrected chi connectivity index (χ3v) is 3.54. The number of nitrogens with two attached hydrogens (primary N) is 1. The van der Waals surface area contributed by atoms with E-state index < -0.39 is 0 Å². The van der Waals surface area contributed by atoms with Gasteiger partial charge in [0.2, 0.25) is 5.91 Å². The number of fused-ring (bicyclic) bond motifs is 1. The normalized spacial score (nSPS) is 10.7. The minimum Gasteiger partial charge on any atom is -0.496 e. The molecular weight excluding hydrogens is 264 g/mol. The van der Waals surface area contributed by atoms with Gasteiger partial charge in [-0.3, -0.25) is 4.79 Å². The van der Waals surface area contributed by atoms with Crippen LogP contribution in [0.15, 0.2) is 36.4 Å². The molecule has 0 atom stereocenters. The van der Waals surface area contributed by atoms with Gasteiger partial charge in [0.25, 0.3) is 0 Å². The molecular formula is C17H22N2O2. The molecule has 0 heterocycles. The topological polar surface area (TPSA) is 64.3 Å². The van der Waals surface area contributed by atoms with E-state index in [1.807, 2.05) is 18.2 Å². The number of unbranched alkanes of at least 4 members (excludes halogenated alkanes) is 1. The van der Waals surface area contributed by atoms with E-state index in [-0.39, 0.29) is 5.91 Å². The second kappa shape index (κ2) is 7.64. The summed E-state index contributed by atoms with van der Waals surface area (Å²) in [5.74, 6) is 0.673. The van der Waals surface area contributed by atoms with Crippen molar-refractivity contribution in [3.05, 3.63) is 42.0 Å². The third-order valence-electron chi connectivity index (χ3n) is 3.54. The standard InChI is InChI=1S/C17H22N2O2/c1-21-16-10-9-13(14-6-2-3-7-15(14)16)12-19-11-5-4-8-17(18)20/h2-3,6-7,9-10,19H,4-5,8,11-12H2,1H3,(H2,18,20). The van der Waals surface area contributed by atoms with Crippen LogP contribution >= 0.6 is 0 Å². The number of carbonyl (C=O) groups excluding carboxylic acids is 1. The van der Waals surface area contributed by atoms with E-state index in [1.165, 1.54) is 10.9 Å². The highest BCUT2D eigenvalue weighted by Crippen LogP contribution is 2.28. The van der Waals surface area contributed by atoms with Gasteiger partial charge < -0.3 is 15.8 Å². The maximum atomic E-state index is 10.7. The molecule has 0 saturated heterocycles. The Labute approximate surface area is 125 Å². The van der Waals surface area contributed by atoms with Crippen LogP contribution in [-0.2, 0) is 11.3 Å². The number of rotatable bonds is 8. The number of primary amides is 1. The fourth-order valence-corrected chi connectivity index (χ4v) is 2.44. The first kappa shape index (κ1) is 15.3. The van der Waals surface area contributed by atoms with Crippen LogP contribution in [0.4, 0.5) is 0 Å². The van der Waals surface area contributed by atoms with Gasteiger partial charge in [0.15, 0.2) is 0 Å². The molecule has 3 N–H and O–H groups in total. The summed E-state index contributed by atoms with van der Waals surface area (Å²) in [6.07, 6.45) is 2.26. The van der Waals surface area contributed by atoms with Crippen molar-refractivity contribution in [3.63, 3.8) is 0 Å². The summed E-state index contributed by atoms with van der Waals surface area (Å²) in [6, 6.07) is 12.3. The molecule has 112 valence electrons. The second-order valence-corrected chi connectivity index (χ2v) is 5.07. The van der Waals surface area contributed by atoms with Gasteiger partial charge in [-0.1, -0.05) is 30.3 Å². The second-order valence-electron chi connectivity index (χ2n) is 5.07. The van der Waals surface area contributed by atoms with Gasteiger partial charge in [-0.05, 0) is 36.4 Å². The monoisotopic (exact) mass is 286 g/mol. The van der Waals surface area contributed by atoms with Crippen LogP contribution in [0.25, 0.3) is 10.8 Å². The largest absolute Gasteiger partial charge is 0.496 e. The van der Waals surface area contributed by atoms with Gasteiger partial charge in [-0.25, -0.2) is 0 Å². The summed E-state index contributed by atoms with van der Waals surface area (Å²) in [5.41, 5.74) is 6.37. The van der Waals surface area contributed by atoms with E-state index in [4.69, 9.17) is 10.5 Å². The number of carbonyl (C=O) groups is 1. The molecule has 0 unspecified atom stereocenters. The Morgan fingerprint density at radius 2 is 1.90 bits per heavy atom. The van der Waals surface area contributed by atoms with Crippen molar-refractivity contribution in [3.8, 4) is 5.75 Å². The Balaban J connectivity index is 1.95. The predicted molar refractivity (Wildman–Crippen MR) is 85.3 cm³/mol. The molecule has 2 rings (SSSR count). The molecule has 0 saturated carbocycles. The summed E-state index contributed by atoms with van der Waals surface area (Å²) >= 11 is 0. The molecule has 4 heteroatoms. The Kier molecular flexibility index (Phi) is 5.58. The lowest BCUT2D eigenvalue weighted by Crippen LogP contribution is -2.16. The summed E-state index contributed by atoms with van der Waals surface area (Å²) in [7, 11) is 1.69. The van der Waals surface area contributed by atoms with Crippen LogP contribution in [0.5, 0.6) is 5.75 Å². The molecule has 0 aliphatic carbocycles. The quantitative estimate of drug-likeness (QED) is 0.733. The number of methoxy groups -OCH3 is 1. The number of nitrogens with one attached hydrogen (secondary N) is 1. The summed E-state index contributed by atoms with van der Waals surface area (Å²) in [5, 5.41) is 5.75. The number of amides is 1. The van der Waals surface area contributed by atoms with Crippen LogP contribution < -0.4 is 15.8 Å². The zero-order valence-corrected chi connectivity index (χ0v) is 12.4. The van der Waals surface area contributed by atoms with Crippen molar-refractivity contribution in [1.29, 1.82) is 0 Å². The fraction of sp³-hybridized carbons (Fsp3) is 0.353. The summed E-state index contributed by atoms with van der Waals surface area (Å²) < 4.78 is 5.40. The first-order chi connectivity index (χ1) is 10.2. The Morgan fingerprint density at radius 1 is 1.14 bits per heavy atom. The number of hydrogen-bond donors (Lipinski definition) is 2. The highest BCUT2D eigenvalue weighted by molar-refractivity contribution is 5.91. The fourth-order valence-electron chi connectivity index (χ4n) is 2.44. The van der Waals surface area contributed by atoms with Gasteiger partial charge >= 0.3 is 0 Å². The predicted octanol–water partition coefficient (Wildman–Crippen LogP) is 2.59. The van der Waals surface area contributed by atoms with Crippen molar-refractivity contribution >= 4 is 16.7 Å². The highest BCUT2D eigenvalue weighted by Gasteiger charge is 2.05. The molecule has 21 heavy (non-hydrogen) atoms. The van der Waals surface area contributed by atoms with E-state index in [0.717, 1.165) is 37.1 Å². The first-order valence-electron chi connectivity index (χ1n) is 7.26. The average molecular weight is 286 g/mol. The van der Waals surface area contributed by atoms with E-state index in [9.17, 15) is 4.79 Å². The third kappa shape index (κ3) is 4.20. The number of benzene rings is 2. The molecule has 0 aromatic heterocycles. The zero-order chi connectivity index (χ0) is 15.1. The summed E-state index contributed by atoms with van der Waals surface area (Å²) in [6.45, 7) is 1.69. The average Bonchev–Trinajstić information content (AvgIpc) is 2.50. The number of ether oxygens (including phenoxy) is 1. The van der Waals surface area contributed by atoms with E-state index >= 15 is 0 Å². The van der Waals surface area contributed by atoms with Crippen LogP contribution in [0.1, 0.15) is 24.8 Å². The first-order valence-corrected chi connectivity index (χ1v) is 7.26. The minimum atomic E-state index is -0.226. The maximum absolute atomic E-state index is 10.7. The molecule has 0 spiro atoms. The summed E-state index contributed by atoms with van der Waals surface area (Å²) in [4.78, 5) is 10.7. The molecule has 0 bridgehead atoms. The Hall–Kier alpha value is -2.07. The SMILES string of the molecule is COc1ccc(CNCCCCC(N)=O)c2ccccc12. The van der Waals surface area contributed by atoms with Crippen LogP contribution in [-0.4, -0.2) is 19.6 Å². The van der Waals surface area contributed by atoms with Crippen molar-refractivity contribution < 1.29 is 9.53 Å². The molecule has 0 aliphatic heterocycles. The smallest absolute Gasteiger partial charge is 0.217 e. The highest BCUT2D eigenvalue weighted by atomic mass is 16.5. The van der Waals surface area contributed by atoms with E-state index in [1.54, 1.807) is 7.11 Å². The molecule has 0 aliphatic rings. The molecule has 4 nitrogen and oxygen atoms in total. The lowest BCUT2D eigenvalue weighted by atomic mass is 10.0. The van der Waals surface area contributed by atoms with Crippen molar-refractivity contribution in [2.24, 2.45) is 5.73 Å². The lowest BCUT2D eigenvalue weighted by Gasteiger charge is -2.11. The molecule has 0 radical (unpaired) electrons. The van der Waals surface area contributed by atoms with Crippen molar-refractivity contribution in [2.45, 2.75) is 25.8 Å². The van der Waals surface area contributed by atoms with Gasteiger partial charge in [-0.2, -0.15) is 0 Å². The van der Waals surface area contributed by atoms with Gasteiger partial charge in [0.05, 0.1) is 7.11 Å².